The van der Waals surface area contributed by atoms with Gasteiger partial charge in [0.1, 0.15) is 0 Å². The zero-order valence-electron chi connectivity index (χ0n) is 19.8. The minimum Gasteiger partial charge on any atom is -0.346 e. The molecule has 2 heterocycles. The van der Waals surface area contributed by atoms with Crippen molar-refractivity contribution in [2.45, 2.75) is 45.6 Å². The number of nitrogens with zero attached hydrogens (tertiary/aromatic N) is 4. The molecule has 0 radical (unpaired) electrons. The lowest BCUT2D eigenvalue weighted by Gasteiger charge is -2.35. The van der Waals surface area contributed by atoms with Gasteiger partial charge in [-0.3, -0.25) is 4.90 Å². The second-order valence-corrected chi connectivity index (χ2v) is 9.30. The second-order valence-electron chi connectivity index (χ2n) is 9.30. The van der Waals surface area contributed by atoms with Crippen molar-refractivity contribution >= 4 is 10.9 Å². The maximum Gasteiger partial charge on any atom is 0.0994 e. The molecule has 1 unspecified atom stereocenters. The van der Waals surface area contributed by atoms with Crippen molar-refractivity contribution in [2.24, 2.45) is 7.05 Å². The largest absolute Gasteiger partial charge is 0.346 e. The summed E-state index contributed by atoms with van der Waals surface area (Å²) in [6, 6.07) is 19.7. The quantitative estimate of drug-likeness (QED) is 0.478. The topological polar surface area (TPSA) is 35.2 Å². The van der Waals surface area contributed by atoms with Gasteiger partial charge in [0.15, 0.2) is 0 Å². The number of rotatable bonds is 8. The van der Waals surface area contributed by atoms with Gasteiger partial charge in [0, 0.05) is 51.0 Å². The van der Waals surface area contributed by atoms with Gasteiger partial charge in [-0.15, -0.1) is 0 Å². The Bertz CT molecular complexity index is 1080. The summed E-state index contributed by atoms with van der Waals surface area (Å²) in [6.45, 7) is 11.2. The number of hydrogen-bond donors (Lipinski definition) is 0. The van der Waals surface area contributed by atoms with Crippen LogP contribution in [-0.4, -0.2) is 47.1 Å². The highest BCUT2D eigenvalue weighted by molar-refractivity contribution is 5.81. The first kappa shape index (κ1) is 22.6. The van der Waals surface area contributed by atoms with E-state index >= 15 is 0 Å². The first-order chi connectivity index (χ1) is 15.6. The van der Waals surface area contributed by atoms with Gasteiger partial charge < -0.3 is 9.47 Å². The zero-order valence-corrected chi connectivity index (χ0v) is 19.8. The number of hydrogen-bond acceptors (Lipinski definition) is 3. The molecule has 32 heavy (non-hydrogen) atoms. The lowest BCUT2D eigenvalue weighted by molar-refractivity contribution is 0.123. The van der Waals surface area contributed by atoms with Gasteiger partial charge in [-0.1, -0.05) is 37.3 Å². The first-order valence-electron chi connectivity index (χ1n) is 12.1. The van der Waals surface area contributed by atoms with Gasteiger partial charge in [0.2, 0.25) is 0 Å². The monoisotopic (exact) mass is 428 g/mol. The molecule has 1 atom stereocenters. The molecule has 4 heteroatoms. The smallest absolute Gasteiger partial charge is 0.0994 e. The Morgan fingerprint density at radius 1 is 1.00 bits per heavy atom. The summed E-state index contributed by atoms with van der Waals surface area (Å²) >= 11 is 0. The molecule has 0 saturated carbocycles. The Morgan fingerprint density at radius 2 is 1.75 bits per heavy atom. The van der Waals surface area contributed by atoms with E-state index in [1.54, 1.807) is 0 Å². The van der Waals surface area contributed by atoms with Crippen LogP contribution in [0.25, 0.3) is 10.9 Å². The van der Waals surface area contributed by atoms with Gasteiger partial charge in [-0.05, 0) is 73.4 Å². The van der Waals surface area contributed by atoms with Crippen LogP contribution in [0.15, 0.2) is 48.5 Å². The molecule has 168 valence electrons. The maximum absolute atomic E-state index is 9.18. The van der Waals surface area contributed by atoms with E-state index in [2.05, 4.69) is 76.9 Å². The molecule has 3 aromatic rings. The van der Waals surface area contributed by atoms with Crippen molar-refractivity contribution in [1.29, 1.82) is 5.26 Å². The molecule has 1 aliphatic rings. The summed E-state index contributed by atoms with van der Waals surface area (Å²) in [7, 11) is 2.19. The lowest BCUT2D eigenvalue weighted by atomic mass is 9.90. The average molecular weight is 429 g/mol. The number of nitriles is 1. The van der Waals surface area contributed by atoms with E-state index in [0.717, 1.165) is 50.3 Å². The fourth-order valence-electron chi connectivity index (χ4n) is 5.13. The second kappa shape index (κ2) is 10.3. The summed E-state index contributed by atoms with van der Waals surface area (Å²) in [5.41, 5.74) is 6.02. The molecule has 4 rings (SSSR count). The normalized spacial score (nSPS) is 16.3. The van der Waals surface area contributed by atoms with Gasteiger partial charge in [-0.25, -0.2) is 0 Å². The van der Waals surface area contributed by atoms with Crippen molar-refractivity contribution in [3.8, 4) is 6.07 Å². The third-order valence-corrected chi connectivity index (χ3v) is 7.26. The minimum atomic E-state index is 0.592. The number of aryl methyl sites for hydroxylation is 2. The molecule has 0 aliphatic carbocycles. The molecule has 1 aliphatic heterocycles. The van der Waals surface area contributed by atoms with E-state index in [9.17, 15) is 5.26 Å². The predicted octanol–water partition coefficient (Wildman–Crippen LogP) is 5.45. The number of fused-ring (bicyclic) bond motifs is 1. The van der Waals surface area contributed by atoms with Crippen LogP contribution in [0.2, 0.25) is 0 Å². The third kappa shape index (κ3) is 5.06. The van der Waals surface area contributed by atoms with Crippen LogP contribution in [0.1, 0.15) is 54.5 Å². The van der Waals surface area contributed by atoms with Crippen molar-refractivity contribution < 1.29 is 0 Å². The Hall–Kier alpha value is -2.61. The molecule has 1 fully saturated rings. The van der Waals surface area contributed by atoms with E-state index in [1.807, 2.05) is 13.0 Å². The molecule has 0 N–H and O–H groups in total. The predicted molar refractivity (Wildman–Crippen MR) is 133 cm³/mol. The summed E-state index contributed by atoms with van der Waals surface area (Å²) in [5.74, 6) is 0.592. The number of para-hydroxylation sites is 1. The molecule has 4 nitrogen and oxygen atoms in total. The van der Waals surface area contributed by atoms with Gasteiger partial charge in [0.05, 0.1) is 11.6 Å². The van der Waals surface area contributed by atoms with Crippen molar-refractivity contribution in [2.75, 3.05) is 32.7 Å². The molecule has 0 bridgehead atoms. The number of piperazine rings is 1. The molecular weight excluding hydrogens is 392 g/mol. The van der Waals surface area contributed by atoms with Crippen LogP contribution < -0.4 is 0 Å². The Kier molecular flexibility index (Phi) is 7.29. The van der Waals surface area contributed by atoms with E-state index in [4.69, 9.17) is 0 Å². The summed E-state index contributed by atoms with van der Waals surface area (Å²) in [5, 5.41) is 10.5. The van der Waals surface area contributed by atoms with Crippen LogP contribution >= 0.6 is 0 Å². The summed E-state index contributed by atoms with van der Waals surface area (Å²) < 4.78 is 2.34. The van der Waals surface area contributed by atoms with Crippen LogP contribution in [0.5, 0.6) is 0 Å². The van der Waals surface area contributed by atoms with Crippen LogP contribution in [-0.2, 0) is 13.6 Å². The fraction of sp³-hybridized carbons (Fsp3) is 0.464. The van der Waals surface area contributed by atoms with Crippen molar-refractivity contribution in [3.05, 3.63) is 70.9 Å². The van der Waals surface area contributed by atoms with Crippen LogP contribution in [0.3, 0.4) is 0 Å². The van der Waals surface area contributed by atoms with E-state index in [0.29, 0.717) is 5.92 Å². The molecule has 2 aromatic carbocycles. The van der Waals surface area contributed by atoms with Gasteiger partial charge >= 0.3 is 0 Å². The minimum absolute atomic E-state index is 0.592. The fourth-order valence-corrected chi connectivity index (χ4v) is 5.13. The van der Waals surface area contributed by atoms with E-state index < -0.39 is 0 Å². The Balaban J connectivity index is 1.24. The van der Waals surface area contributed by atoms with Crippen LogP contribution in [0, 0.1) is 18.3 Å². The summed E-state index contributed by atoms with van der Waals surface area (Å²) in [4.78, 5) is 5.23. The van der Waals surface area contributed by atoms with E-state index in [1.165, 1.54) is 41.5 Å². The van der Waals surface area contributed by atoms with E-state index in [-0.39, 0.29) is 0 Å². The number of benzene rings is 2. The standard InChI is InChI=1S/C28H36N4/c1-4-23(24-11-12-26(20-29)22(2)18-24)9-7-13-31-14-16-32(17-15-31)21-27-19-25-8-5-6-10-28(25)30(27)3/h5-6,8,10-12,18-19,23H,4,7,9,13-17,21H2,1-3H3. The number of aromatic nitrogens is 1. The zero-order chi connectivity index (χ0) is 22.5. The van der Waals surface area contributed by atoms with Crippen molar-refractivity contribution in [3.63, 3.8) is 0 Å². The summed E-state index contributed by atoms with van der Waals surface area (Å²) in [6.07, 6.45) is 3.61. The molecule has 1 saturated heterocycles. The highest BCUT2D eigenvalue weighted by atomic mass is 15.3. The Morgan fingerprint density at radius 3 is 2.44 bits per heavy atom. The van der Waals surface area contributed by atoms with Crippen LogP contribution in [0.4, 0.5) is 0 Å². The maximum atomic E-state index is 9.18. The lowest BCUT2D eigenvalue weighted by Crippen LogP contribution is -2.46. The van der Waals surface area contributed by atoms with Crippen molar-refractivity contribution in [1.82, 2.24) is 14.4 Å². The molecule has 0 spiro atoms. The first-order valence-corrected chi connectivity index (χ1v) is 12.1. The van der Waals surface area contributed by atoms with Gasteiger partial charge in [-0.2, -0.15) is 5.26 Å². The SMILES string of the molecule is CCC(CCCN1CCN(Cc2cc3ccccc3n2C)CC1)c1ccc(C#N)c(C)c1. The molecule has 1 aromatic heterocycles. The highest BCUT2D eigenvalue weighted by Gasteiger charge is 2.19. The Labute approximate surface area is 193 Å². The highest BCUT2D eigenvalue weighted by Crippen LogP contribution is 2.27. The molecule has 0 amide bonds. The average Bonchev–Trinajstić information content (AvgIpc) is 3.13. The molecular formula is C28H36N4. The van der Waals surface area contributed by atoms with Gasteiger partial charge in [0.25, 0.3) is 0 Å². The third-order valence-electron chi connectivity index (χ3n) is 7.26.